The minimum Gasteiger partial charge on any atom is -0.323 e. The summed E-state index contributed by atoms with van der Waals surface area (Å²) in [6, 6.07) is 14.1. The van der Waals surface area contributed by atoms with Crippen molar-refractivity contribution in [2.24, 2.45) is 0 Å². The van der Waals surface area contributed by atoms with Crippen LogP contribution >= 0.6 is 0 Å². The molecule has 2 heterocycles. The van der Waals surface area contributed by atoms with E-state index in [1.165, 1.54) is 0 Å². The fourth-order valence-corrected chi connectivity index (χ4v) is 2.55. The predicted molar refractivity (Wildman–Crippen MR) is 81.8 cm³/mol. The third kappa shape index (κ3) is 2.50. The summed E-state index contributed by atoms with van der Waals surface area (Å²) in [5.41, 5.74) is 3.52. The number of hydrogen-bond acceptors (Lipinski definition) is 3. The molecule has 2 aromatic heterocycles. The lowest BCUT2D eigenvalue weighted by molar-refractivity contribution is 0.719. The minimum absolute atomic E-state index is 0.484. The predicted octanol–water partition coefficient (Wildman–Crippen LogP) is 3.30. The second kappa shape index (κ2) is 5.76. The summed E-state index contributed by atoms with van der Waals surface area (Å²) in [4.78, 5) is 8.85. The average molecular weight is 276 g/mol. The molecule has 0 aliphatic rings. The summed E-state index contributed by atoms with van der Waals surface area (Å²) in [6.45, 7) is 2.78. The van der Waals surface area contributed by atoms with Crippen LogP contribution in [0.15, 0.2) is 42.6 Å². The molecule has 104 valence electrons. The molecule has 0 bridgehead atoms. The number of aryl methyl sites for hydroxylation is 1. The van der Waals surface area contributed by atoms with Crippen LogP contribution in [-0.4, -0.2) is 14.5 Å². The molecule has 0 radical (unpaired) electrons. The van der Waals surface area contributed by atoms with Crippen molar-refractivity contribution in [3.05, 3.63) is 59.7 Å². The van der Waals surface area contributed by atoms with Crippen LogP contribution in [0, 0.1) is 11.3 Å². The maximum absolute atomic E-state index is 9.20. The molecular formula is C17H16N4. The number of nitriles is 1. The number of rotatable bonds is 4. The Labute approximate surface area is 123 Å². The summed E-state index contributed by atoms with van der Waals surface area (Å²) < 4.78 is 2.19. The van der Waals surface area contributed by atoms with Crippen molar-refractivity contribution in [2.45, 2.75) is 26.3 Å². The van der Waals surface area contributed by atoms with E-state index in [9.17, 15) is 5.26 Å². The number of benzene rings is 1. The Bertz CT molecular complexity index is 811. The van der Waals surface area contributed by atoms with Gasteiger partial charge in [0.15, 0.2) is 0 Å². The Balaban J connectivity index is 2.11. The fourth-order valence-electron chi connectivity index (χ4n) is 2.55. The third-order valence-electron chi connectivity index (χ3n) is 3.53. The van der Waals surface area contributed by atoms with E-state index < -0.39 is 0 Å². The van der Waals surface area contributed by atoms with E-state index in [2.05, 4.69) is 28.6 Å². The SMILES string of the molecule is CCCc1nc2ccccc2n1Cc1cccnc1C#N. The number of imidazole rings is 1. The van der Waals surface area contributed by atoms with Crippen molar-refractivity contribution >= 4 is 11.0 Å². The van der Waals surface area contributed by atoms with E-state index >= 15 is 0 Å². The molecule has 0 saturated heterocycles. The lowest BCUT2D eigenvalue weighted by Crippen LogP contribution is -2.07. The standard InChI is InChI=1S/C17H16N4/c1-2-6-17-20-14-8-3-4-9-16(14)21(17)12-13-7-5-10-19-15(13)11-18/h3-5,7-10H,2,6,12H2,1H3. The van der Waals surface area contributed by atoms with Crippen molar-refractivity contribution in [1.29, 1.82) is 5.26 Å². The van der Waals surface area contributed by atoms with E-state index in [1.54, 1.807) is 6.20 Å². The Morgan fingerprint density at radius 3 is 2.86 bits per heavy atom. The summed E-state index contributed by atoms with van der Waals surface area (Å²) in [5, 5.41) is 9.20. The monoisotopic (exact) mass is 276 g/mol. The van der Waals surface area contributed by atoms with Gasteiger partial charge in [0.1, 0.15) is 17.6 Å². The van der Waals surface area contributed by atoms with Crippen LogP contribution in [0.3, 0.4) is 0 Å². The highest BCUT2D eigenvalue weighted by atomic mass is 15.1. The summed E-state index contributed by atoms with van der Waals surface area (Å²) in [7, 11) is 0. The zero-order valence-electron chi connectivity index (χ0n) is 12.0. The average Bonchev–Trinajstić information content (AvgIpc) is 2.86. The Hall–Kier alpha value is -2.67. The minimum atomic E-state index is 0.484. The number of para-hydroxylation sites is 2. The molecule has 3 aromatic rings. The van der Waals surface area contributed by atoms with Gasteiger partial charge in [-0.1, -0.05) is 25.1 Å². The smallest absolute Gasteiger partial charge is 0.145 e. The molecule has 0 amide bonds. The van der Waals surface area contributed by atoms with E-state index in [0.29, 0.717) is 12.2 Å². The molecule has 21 heavy (non-hydrogen) atoms. The first kappa shape index (κ1) is 13.3. The van der Waals surface area contributed by atoms with Crippen molar-refractivity contribution in [3.63, 3.8) is 0 Å². The zero-order chi connectivity index (χ0) is 14.7. The summed E-state index contributed by atoms with van der Waals surface area (Å²) >= 11 is 0. The lowest BCUT2D eigenvalue weighted by atomic mass is 10.2. The Morgan fingerprint density at radius 2 is 2.05 bits per heavy atom. The van der Waals surface area contributed by atoms with Crippen molar-refractivity contribution in [3.8, 4) is 6.07 Å². The zero-order valence-corrected chi connectivity index (χ0v) is 12.0. The fraction of sp³-hybridized carbons (Fsp3) is 0.235. The number of hydrogen-bond donors (Lipinski definition) is 0. The second-order valence-electron chi connectivity index (χ2n) is 4.98. The molecule has 0 unspecified atom stereocenters. The quantitative estimate of drug-likeness (QED) is 0.734. The highest BCUT2D eigenvalue weighted by molar-refractivity contribution is 5.76. The third-order valence-corrected chi connectivity index (χ3v) is 3.53. The Morgan fingerprint density at radius 1 is 1.19 bits per heavy atom. The van der Waals surface area contributed by atoms with Crippen LogP contribution in [0.5, 0.6) is 0 Å². The molecule has 4 nitrogen and oxygen atoms in total. The van der Waals surface area contributed by atoms with Crippen molar-refractivity contribution in [2.75, 3.05) is 0 Å². The molecule has 0 spiro atoms. The van der Waals surface area contributed by atoms with Crippen LogP contribution in [0.4, 0.5) is 0 Å². The van der Waals surface area contributed by atoms with Crippen molar-refractivity contribution in [1.82, 2.24) is 14.5 Å². The molecule has 4 heteroatoms. The molecule has 0 atom stereocenters. The van der Waals surface area contributed by atoms with E-state index in [1.807, 2.05) is 30.3 Å². The highest BCUT2D eigenvalue weighted by Crippen LogP contribution is 2.19. The van der Waals surface area contributed by atoms with Crippen LogP contribution < -0.4 is 0 Å². The number of pyridine rings is 1. The topological polar surface area (TPSA) is 54.5 Å². The molecule has 0 saturated carbocycles. The van der Waals surface area contributed by atoms with Crippen LogP contribution in [-0.2, 0) is 13.0 Å². The van der Waals surface area contributed by atoms with Crippen molar-refractivity contribution < 1.29 is 0 Å². The van der Waals surface area contributed by atoms with Gasteiger partial charge in [-0.2, -0.15) is 5.26 Å². The van der Waals surface area contributed by atoms with Gasteiger partial charge in [0, 0.05) is 18.2 Å². The second-order valence-corrected chi connectivity index (χ2v) is 4.98. The van der Waals surface area contributed by atoms with Crippen LogP contribution in [0.25, 0.3) is 11.0 Å². The number of fused-ring (bicyclic) bond motifs is 1. The van der Waals surface area contributed by atoms with Gasteiger partial charge < -0.3 is 4.57 Å². The molecule has 1 aromatic carbocycles. The number of nitrogens with zero attached hydrogens (tertiary/aromatic N) is 4. The summed E-state index contributed by atoms with van der Waals surface area (Å²) in [6.07, 6.45) is 3.62. The lowest BCUT2D eigenvalue weighted by Gasteiger charge is -2.09. The molecular weight excluding hydrogens is 260 g/mol. The van der Waals surface area contributed by atoms with E-state index in [-0.39, 0.29) is 0 Å². The number of aromatic nitrogens is 3. The first-order valence-corrected chi connectivity index (χ1v) is 7.11. The molecule has 0 N–H and O–H groups in total. The first-order chi connectivity index (χ1) is 10.3. The maximum Gasteiger partial charge on any atom is 0.145 e. The normalized spacial score (nSPS) is 10.7. The van der Waals surface area contributed by atoms with Gasteiger partial charge in [0.05, 0.1) is 17.6 Å². The van der Waals surface area contributed by atoms with E-state index in [4.69, 9.17) is 4.98 Å². The van der Waals surface area contributed by atoms with Crippen LogP contribution in [0.2, 0.25) is 0 Å². The van der Waals surface area contributed by atoms with Gasteiger partial charge in [-0.05, 0) is 24.6 Å². The molecule has 3 rings (SSSR count). The first-order valence-electron chi connectivity index (χ1n) is 7.11. The summed E-state index contributed by atoms with van der Waals surface area (Å²) in [5.74, 6) is 1.06. The molecule has 0 aliphatic heterocycles. The van der Waals surface area contributed by atoms with E-state index in [0.717, 1.165) is 35.3 Å². The van der Waals surface area contributed by atoms with Gasteiger partial charge in [0.2, 0.25) is 0 Å². The van der Waals surface area contributed by atoms with Gasteiger partial charge in [-0.15, -0.1) is 0 Å². The molecule has 0 aliphatic carbocycles. The molecule has 0 fully saturated rings. The van der Waals surface area contributed by atoms with Gasteiger partial charge in [-0.3, -0.25) is 0 Å². The largest absolute Gasteiger partial charge is 0.323 e. The van der Waals surface area contributed by atoms with Gasteiger partial charge in [0.25, 0.3) is 0 Å². The Kier molecular flexibility index (Phi) is 3.65. The van der Waals surface area contributed by atoms with Gasteiger partial charge >= 0.3 is 0 Å². The van der Waals surface area contributed by atoms with Crippen LogP contribution in [0.1, 0.15) is 30.4 Å². The van der Waals surface area contributed by atoms with Gasteiger partial charge in [-0.25, -0.2) is 9.97 Å². The highest BCUT2D eigenvalue weighted by Gasteiger charge is 2.12. The maximum atomic E-state index is 9.20.